The number of benzene rings is 2. The number of hydrogen-bond acceptors (Lipinski definition) is 3. The smallest absolute Gasteiger partial charge is 0.134 e. The zero-order valence-corrected chi connectivity index (χ0v) is 11.8. The van der Waals surface area contributed by atoms with Crippen molar-refractivity contribution in [2.24, 2.45) is 0 Å². The number of fused-ring (bicyclic) bond motifs is 1. The first-order chi connectivity index (χ1) is 9.86. The molecular weight excluding hydrogens is 250 g/mol. The molecule has 3 rings (SSSR count). The number of nitrogens with one attached hydrogen (secondary N) is 1. The van der Waals surface area contributed by atoms with Gasteiger partial charge < -0.3 is 14.8 Å². The van der Waals surface area contributed by atoms with Crippen LogP contribution in [0.25, 0.3) is 10.8 Å². The fourth-order valence-electron chi connectivity index (χ4n) is 2.38. The zero-order valence-electron chi connectivity index (χ0n) is 11.8. The highest BCUT2D eigenvalue weighted by Crippen LogP contribution is 2.26. The second-order valence-electron chi connectivity index (χ2n) is 5.36. The van der Waals surface area contributed by atoms with Crippen LogP contribution in [-0.4, -0.2) is 32.4 Å². The number of rotatable bonds is 7. The minimum Gasteiger partial charge on any atom is -0.486 e. The number of hydrogen-bond donors (Lipinski definition) is 1. The Balaban J connectivity index is 1.74. The van der Waals surface area contributed by atoms with Crippen molar-refractivity contribution in [1.82, 2.24) is 5.32 Å². The summed E-state index contributed by atoms with van der Waals surface area (Å²) < 4.78 is 11.4. The van der Waals surface area contributed by atoms with E-state index in [1.807, 2.05) is 24.3 Å². The minimum atomic E-state index is 0.0476. The van der Waals surface area contributed by atoms with Crippen molar-refractivity contribution in [3.05, 3.63) is 42.5 Å². The molecule has 1 aliphatic rings. The Kier molecular flexibility index (Phi) is 4.19. The van der Waals surface area contributed by atoms with Gasteiger partial charge in [-0.25, -0.2) is 0 Å². The summed E-state index contributed by atoms with van der Waals surface area (Å²) in [6, 6.07) is 15.2. The molecule has 0 amide bonds. The third-order valence-corrected chi connectivity index (χ3v) is 3.61. The Labute approximate surface area is 119 Å². The Hall–Kier alpha value is -1.58. The molecule has 1 atom stereocenters. The molecule has 0 heterocycles. The summed E-state index contributed by atoms with van der Waals surface area (Å²) in [6.07, 6.45) is 2.62. The van der Waals surface area contributed by atoms with Crippen molar-refractivity contribution in [2.75, 3.05) is 20.3 Å². The van der Waals surface area contributed by atoms with Crippen molar-refractivity contribution in [3.8, 4) is 5.75 Å². The van der Waals surface area contributed by atoms with E-state index >= 15 is 0 Å². The average Bonchev–Trinajstić information content (AvgIpc) is 3.30. The predicted octanol–water partition coefficient (Wildman–Crippen LogP) is 2.99. The fourth-order valence-corrected chi connectivity index (χ4v) is 2.38. The second kappa shape index (κ2) is 6.25. The van der Waals surface area contributed by atoms with Gasteiger partial charge in [0, 0.05) is 25.1 Å². The van der Waals surface area contributed by atoms with Crippen LogP contribution in [0.5, 0.6) is 5.75 Å². The normalized spacial score (nSPS) is 16.2. The molecule has 1 unspecified atom stereocenters. The van der Waals surface area contributed by atoms with E-state index in [0.717, 1.165) is 17.7 Å². The van der Waals surface area contributed by atoms with E-state index in [0.29, 0.717) is 12.6 Å². The first-order valence-electron chi connectivity index (χ1n) is 7.23. The van der Waals surface area contributed by atoms with Crippen LogP contribution in [0, 0.1) is 0 Å². The maximum absolute atomic E-state index is 6.16. The van der Waals surface area contributed by atoms with Crippen LogP contribution in [-0.2, 0) is 4.74 Å². The Morgan fingerprint density at radius 1 is 1.15 bits per heavy atom. The van der Waals surface area contributed by atoms with E-state index in [-0.39, 0.29) is 6.10 Å². The molecule has 106 valence electrons. The largest absolute Gasteiger partial charge is 0.486 e. The molecule has 20 heavy (non-hydrogen) atoms. The summed E-state index contributed by atoms with van der Waals surface area (Å²) in [7, 11) is 1.72. The molecule has 0 spiro atoms. The predicted molar refractivity (Wildman–Crippen MR) is 81.3 cm³/mol. The average molecular weight is 271 g/mol. The summed E-state index contributed by atoms with van der Waals surface area (Å²) in [6.45, 7) is 1.44. The van der Waals surface area contributed by atoms with E-state index < -0.39 is 0 Å². The van der Waals surface area contributed by atoms with Gasteiger partial charge in [-0.05, 0) is 24.3 Å². The van der Waals surface area contributed by atoms with Gasteiger partial charge in [0.1, 0.15) is 11.9 Å². The number of methoxy groups -OCH3 is 1. The Morgan fingerprint density at radius 3 is 2.75 bits per heavy atom. The third kappa shape index (κ3) is 3.30. The van der Waals surface area contributed by atoms with Gasteiger partial charge in [-0.1, -0.05) is 36.4 Å². The highest BCUT2D eigenvalue weighted by Gasteiger charge is 2.22. The van der Waals surface area contributed by atoms with Crippen LogP contribution in [0.2, 0.25) is 0 Å². The van der Waals surface area contributed by atoms with E-state index in [1.165, 1.54) is 18.2 Å². The molecule has 0 radical (unpaired) electrons. The molecule has 0 aliphatic heterocycles. The first-order valence-corrected chi connectivity index (χ1v) is 7.23. The molecule has 3 heteroatoms. The topological polar surface area (TPSA) is 30.5 Å². The Morgan fingerprint density at radius 2 is 1.95 bits per heavy atom. The minimum absolute atomic E-state index is 0.0476. The van der Waals surface area contributed by atoms with Crippen molar-refractivity contribution < 1.29 is 9.47 Å². The van der Waals surface area contributed by atoms with Gasteiger partial charge in [0.15, 0.2) is 0 Å². The molecule has 1 fully saturated rings. The summed E-state index contributed by atoms with van der Waals surface area (Å²) in [5.41, 5.74) is 0. The van der Waals surface area contributed by atoms with E-state index in [9.17, 15) is 0 Å². The molecule has 0 aromatic heterocycles. The summed E-state index contributed by atoms with van der Waals surface area (Å²) in [4.78, 5) is 0. The molecule has 1 saturated carbocycles. The lowest BCUT2D eigenvalue weighted by molar-refractivity contribution is 0.0814. The third-order valence-electron chi connectivity index (χ3n) is 3.61. The molecule has 0 bridgehead atoms. The van der Waals surface area contributed by atoms with Gasteiger partial charge in [0.05, 0.1) is 6.61 Å². The molecule has 2 aromatic rings. The quantitative estimate of drug-likeness (QED) is 0.839. The summed E-state index contributed by atoms with van der Waals surface area (Å²) in [5.74, 6) is 0.933. The standard InChI is InChI=1S/C17H21NO2/c1-19-12-15(11-18-14-9-10-14)20-17-8-4-6-13-5-2-3-7-16(13)17/h2-8,14-15,18H,9-12H2,1H3. The van der Waals surface area contributed by atoms with Gasteiger partial charge >= 0.3 is 0 Å². The van der Waals surface area contributed by atoms with Crippen LogP contribution in [0.1, 0.15) is 12.8 Å². The van der Waals surface area contributed by atoms with E-state index in [1.54, 1.807) is 7.11 Å². The summed E-state index contributed by atoms with van der Waals surface area (Å²) in [5, 5.41) is 5.86. The van der Waals surface area contributed by atoms with Crippen molar-refractivity contribution >= 4 is 10.8 Å². The molecule has 1 N–H and O–H groups in total. The van der Waals surface area contributed by atoms with Crippen LogP contribution in [0.3, 0.4) is 0 Å². The van der Waals surface area contributed by atoms with Gasteiger partial charge in [-0.15, -0.1) is 0 Å². The Bertz CT molecular complexity index is 560. The highest BCUT2D eigenvalue weighted by molar-refractivity contribution is 5.88. The van der Waals surface area contributed by atoms with Crippen molar-refractivity contribution in [2.45, 2.75) is 25.0 Å². The van der Waals surface area contributed by atoms with Crippen LogP contribution in [0.4, 0.5) is 0 Å². The van der Waals surface area contributed by atoms with Crippen LogP contribution >= 0.6 is 0 Å². The monoisotopic (exact) mass is 271 g/mol. The van der Waals surface area contributed by atoms with E-state index in [2.05, 4.69) is 23.5 Å². The maximum atomic E-state index is 6.16. The maximum Gasteiger partial charge on any atom is 0.134 e. The van der Waals surface area contributed by atoms with Crippen molar-refractivity contribution in [1.29, 1.82) is 0 Å². The fraction of sp³-hybridized carbons (Fsp3) is 0.412. The van der Waals surface area contributed by atoms with Crippen LogP contribution < -0.4 is 10.1 Å². The van der Waals surface area contributed by atoms with Gasteiger partial charge in [0.25, 0.3) is 0 Å². The summed E-state index contributed by atoms with van der Waals surface area (Å²) >= 11 is 0. The lowest BCUT2D eigenvalue weighted by Crippen LogP contribution is -2.35. The zero-order chi connectivity index (χ0) is 13.8. The second-order valence-corrected chi connectivity index (χ2v) is 5.36. The highest BCUT2D eigenvalue weighted by atomic mass is 16.5. The lowest BCUT2D eigenvalue weighted by Gasteiger charge is -2.20. The van der Waals surface area contributed by atoms with E-state index in [4.69, 9.17) is 9.47 Å². The molecule has 0 saturated heterocycles. The van der Waals surface area contributed by atoms with Gasteiger partial charge in [0.2, 0.25) is 0 Å². The van der Waals surface area contributed by atoms with Gasteiger partial charge in [-0.2, -0.15) is 0 Å². The molecule has 3 nitrogen and oxygen atoms in total. The lowest BCUT2D eigenvalue weighted by atomic mass is 10.1. The van der Waals surface area contributed by atoms with Gasteiger partial charge in [-0.3, -0.25) is 0 Å². The van der Waals surface area contributed by atoms with Crippen LogP contribution in [0.15, 0.2) is 42.5 Å². The molecular formula is C17H21NO2. The van der Waals surface area contributed by atoms with Crippen molar-refractivity contribution in [3.63, 3.8) is 0 Å². The molecule has 2 aromatic carbocycles. The SMILES string of the molecule is COCC(CNC1CC1)Oc1cccc2ccccc12. The number of ether oxygens (including phenoxy) is 2. The molecule has 1 aliphatic carbocycles. The first kappa shape index (κ1) is 13.4.